The van der Waals surface area contributed by atoms with E-state index in [9.17, 15) is 28.1 Å². The van der Waals surface area contributed by atoms with Crippen molar-refractivity contribution >= 4 is 5.91 Å². The van der Waals surface area contributed by atoms with Gasteiger partial charge in [-0.3, -0.25) is 14.9 Å². The molecular weight excluding hydrogens is 377 g/mol. The quantitative estimate of drug-likeness (QED) is 0.635. The minimum Gasteiger partial charge on any atom is -0.340 e. The van der Waals surface area contributed by atoms with Gasteiger partial charge in [0.25, 0.3) is 0 Å². The molecule has 2 heterocycles. The van der Waals surface area contributed by atoms with Gasteiger partial charge < -0.3 is 9.88 Å². The Balaban J connectivity index is 1.54. The SMILES string of the molecule is O=C([C@@H]1C[C@@H]1[N+](=O)[O-])N1CCC[C@H]1c1ncc(-c2cccc(C(F)(F)F)c2)[nH]1. The fourth-order valence-corrected chi connectivity index (χ4v) is 3.72. The zero-order chi connectivity index (χ0) is 20.1. The van der Waals surface area contributed by atoms with Gasteiger partial charge in [0, 0.05) is 23.5 Å². The van der Waals surface area contributed by atoms with E-state index in [1.165, 1.54) is 12.3 Å². The van der Waals surface area contributed by atoms with Crippen LogP contribution < -0.4 is 0 Å². The van der Waals surface area contributed by atoms with Crippen LogP contribution in [-0.2, 0) is 11.0 Å². The summed E-state index contributed by atoms with van der Waals surface area (Å²) in [6.07, 6.45) is -1.35. The highest BCUT2D eigenvalue weighted by molar-refractivity contribution is 5.82. The summed E-state index contributed by atoms with van der Waals surface area (Å²) >= 11 is 0. The normalized spacial score (nSPS) is 24.4. The van der Waals surface area contributed by atoms with Crippen LogP contribution in [0, 0.1) is 16.0 Å². The number of likely N-dealkylation sites (tertiary alicyclic amines) is 1. The van der Waals surface area contributed by atoms with Gasteiger partial charge >= 0.3 is 6.18 Å². The lowest BCUT2D eigenvalue weighted by Crippen LogP contribution is -2.33. The molecular formula is C18H17F3N4O3. The van der Waals surface area contributed by atoms with Gasteiger partial charge in [-0.05, 0) is 25.0 Å². The molecule has 1 aliphatic heterocycles. The Labute approximate surface area is 157 Å². The lowest BCUT2D eigenvalue weighted by Gasteiger charge is -2.22. The van der Waals surface area contributed by atoms with Crippen LogP contribution in [-0.4, -0.2) is 38.3 Å². The number of nitrogens with one attached hydrogen (secondary N) is 1. The van der Waals surface area contributed by atoms with E-state index in [0.29, 0.717) is 30.0 Å². The maximum atomic E-state index is 12.9. The average Bonchev–Trinajstić information content (AvgIpc) is 3.07. The Morgan fingerprint density at radius 2 is 2.14 bits per heavy atom. The minimum absolute atomic E-state index is 0.249. The number of nitrogens with zero attached hydrogens (tertiary/aromatic N) is 3. The van der Waals surface area contributed by atoms with Gasteiger partial charge in [0.1, 0.15) is 11.7 Å². The number of halogens is 3. The summed E-state index contributed by atoms with van der Waals surface area (Å²) < 4.78 is 38.8. The van der Waals surface area contributed by atoms with Crippen LogP contribution in [0.2, 0.25) is 0 Å². The lowest BCUT2D eigenvalue weighted by molar-refractivity contribution is -0.497. The zero-order valence-electron chi connectivity index (χ0n) is 14.6. The monoisotopic (exact) mass is 394 g/mol. The van der Waals surface area contributed by atoms with E-state index in [2.05, 4.69) is 9.97 Å². The number of carbonyl (C=O) groups is 1. The summed E-state index contributed by atoms with van der Waals surface area (Å²) in [5, 5.41) is 10.8. The molecule has 0 unspecified atom stereocenters. The summed E-state index contributed by atoms with van der Waals surface area (Å²) in [7, 11) is 0. The maximum Gasteiger partial charge on any atom is 0.416 e. The van der Waals surface area contributed by atoms with Gasteiger partial charge in [-0.1, -0.05) is 12.1 Å². The summed E-state index contributed by atoms with van der Waals surface area (Å²) in [6.45, 7) is 0.490. The van der Waals surface area contributed by atoms with E-state index < -0.39 is 28.6 Å². The molecule has 1 saturated carbocycles. The molecule has 0 spiro atoms. The molecule has 2 aliphatic rings. The van der Waals surface area contributed by atoms with Gasteiger partial charge in [-0.2, -0.15) is 13.2 Å². The Morgan fingerprint density at radius 3 is 2.82 bits per heavy atom. The van der Waals surface area contributed by atoms with E-state index in [4.69, 9.17) is 0 Å². The molecule has 1 aliphatic carbocycles. The van der Waals surface area contributed by atoms with Crippen molar-refractivity contribution in [1.82, 2.24) is 14.9 Å². The van der Waals surface area contributed by atoms with Crippen molar-refractivity contribution in [2.24, 2.45) is 5.92 Å². The molecule has 1 aromatic heterocycles. The minimum atomic E-state index is -4.44. The average molecular weight is 394 g/mol. The smallest absolute Gasteiger partial charge is 0.340 e. The van der Waals surface area contributed by atoms with Crippen LogP contribution >= 0.6 is 0 Å². The Morgan fingerprint density at radius 1 is 1.36 bits per heavy atom. The first kappa shape index (κ1) is 18.5. The number of H-pyrrole nitrogens is 1. The predicted molar refractivity (Wildman–Crippen MR) is 91.6 cm³/mol. The number of benzene rings is 1. The molecule has 1 saturated heterocycles. The van der Waals surface area contributed by atoms with Crippen molar-refractivity contribution < 1.29 is 22.9 Å². The van der Waals surface area contributed by atoms with Crippen LogP contribution in [0.4, 0.5) is 13.2 Å². The number of amides is 1. The molecule has 0 radical (unpaired) electrons. The summed E-state index contributed by atoms with van der Waals surface area (Å²) in [4.78, 5) is 31.9. The van der Waals surface area contributed by atoms with Crippen molar-refractivity contribution in [3.63, 3.8) is 0 Å². The first-order valence-corrected chi connectivity index (χ1v) is 8.92. The second-order valence-electron chi connectivity index (χ2n) is 7.15. The Bertz CT molecular complexity index is 927. The van der Waals surface area contributed by atoms with Gasteiger partial charge in [-0.25, -0.2) is 4.98 Å². The van der Waals surface area contributed by atoms with Crippen molar-refractivity contribution in [1.29, 1.82) is 0 Å². The third-order valence-electron chi connectivity index (χ3n) is 5.29. The number of carbonyl (C=O) groups excluding carboxylic acids is 1. The molecule has 1 amide bonds. The number of alkyl halides is 3. The number of aromatic amines is 1. The summed E-state index contributed by atoms with van der Waals surface area (Å²) in [6, 6.07) is 3.76. The van der Waals surface area contributed by atoms with Gasteiger partial charge in [0.15, 0.2) is 0 Å². The topological polar surface area (TPSA) is 92.1 Å². The van der Waals surface area contributed by atoms with Crippen LogP contribution in [0.25, 0.3) is 11.3 Å². The van der Waals surface area contributed by atoms with E-state index in [-0.39, 0.29) is 18.4 Å². The fourth-order valence-electron chi connectivity index (χ4n) is 3.72. The molecule has 2 aromatic rings. The molecule has 4 rings (SSSR count). The van der Waals surface area contributed by atoms with Crippen LogP contribution in [0.5, 0.6) is 0 Å². The number of hydrogen-bond acceptors (Lipinski definition) is 4. The molecule has 148 valence electrons. The number of hydrogen-bond donors (Lipinski definition) is 1. The molecule has 3 atom stereocenters. The first-order valence-electron chi connectivity index (χ1n) is 8.92. The van der Waals surface area contributed by atoms with Crippen LogP contribution in [0.3, 0.4) is 0 Å². The van der Waals surface area contributed by atoms with E-state index in [1.54, 1.807) is 11.0 Å². The second kappa shape index (κ2) is 6.61. The molecule has 2 fully saturated rings. The first-order chi connectivity index (χ1) is 13.3. The van der Waals surface area contributed by atoms with Crippen molar-refractivity contribution in [2.75, 3.05) is 6.54 Å². The molecule has 0 bridgehead atoms. The fraction of sp³-hybridized carbons (Fsp3) is 0.444. The van der Waals surface area contributed by atoms with Crippen LogP contribution in [0.15, 0.2) is 30.5 Å². The number of nitro groups is 1. The van der Waals surface area contributed by atoms with Crippen molar-refractivity contribution in [3.05, 3.63) is 52.0 Å². The molecule has 1 aromatic carbocycles. The number of imidazole rings is 1. The van der Waals surface area contributed by atoms with Gasteiger partial charge in [0.05, 0.1) is 23.5 Å². The lowest BCUT2D eigenvalue weighted by atomic mass is 10.1. The Kier molecular flexibility index (Phi) is 4.35. The van der Waals surface area contributed by atoms with Gasteiger partial charge in [0.2, 0.25) is 11.9 Å². The summed E-state index contributed by atoms with van der Waals surface area (Å²) in [5.41, 5.74) is 0.0217. The third kappa shape index (κ3) is 3.34. The number of rotatable bonds is 4. The van der Waals surface area contributed by atoms with Crippen LogP contribution in [0.1, 0.15) is 36.7 Å². The van der Waals surface area contributed by atoms with E-state index >= 15 is 0 Å². The molecule has 10 heteroatoms. The van der Waals surface area contributed by atoms with Crippen molar-refractivity contribution in [3.8, 4) is 11.3 Å². The maximum absolute atomic E-state index is 12.9. The third-order valence-corrected chi connectivity index (χ3v) is 5.29. The zero-order valence-corrected chi connectivity index (χ0v) is 14.6. The van der Waals surface area contributed by atoms with E-state index in [1.807, 2.05) is 0 Å². The summed E-state index contributed by atoms with van der Waals surface area (Å²) in [5.74, 6) is -0.355. The van der Waals surface area contributed by atoms with Gasteiger partial charge in [-0.15, -0.1) is 0 Å². The highest BCUT2D eigenvalue weighted by atomic mass is 19.4. The largest absolute Gasteiger partial charge is 0.416 e. The predicted octanol–water partition coefficient (Wildman–Crippen LogP) is 3.42. The standard InChI is InChI=1S/C18H17F3N4O3/c19-18(20,21)11-4-1-3-10(7-11)13-9-22-16(23-13)14-5-2-6-24(14)17(26)12-8-15(12)25(27)28/h1,3-4,7,9,12,14-15H,2,5-6,8H2,(H,22,23)/t12-,14+,15+/m1/s1. The molecule has 1 N–H and O–H groups in total. The molecule has 28 heavy (non-hydrogen) atoms. The number of aromatic nitrogens is 2. The highest BCUT2D eigenvalue weighted by Gasteiger charge is 2.55. The van der Waals surface area contributed by atoms with Crippen molar-refractivity contribution in [2.45, 2.75) is 37.5 Å². The van der Waals surface area contributed by atoms with E-state index in [0.717, 1.165) is 18.6 Å². The Hall–Kier alpha value is -2.91. The molecule has 7 nitrogen and oxygen atoms in total. The second-order valence-corrected chi connectivity index (χ2v) is 7.15. The highest BCUT2D eigenvalue weighted by Crippen LogP contribution is 2.40.